The van der Waals surface area contributed by atoms with Crippen molar-refractivity contribution in [2.24, 2.45) is 18.9 Å². The minimum Gasteiger partial charge on any atom is -0.380 e. The summed E-state index contributed by atoms with van der Waals surface area (Å²) < 4.78 is 7.33. The van der Waals surface area contributed by atoms with Gasteiger partial charge in [0.25, 0.3) is 0 Å². The number of ether oxygens (including phenoxy) is 1. The van der Waals surface area contributed by atoms with Crippen molar-refractivity contribution in [3.05, 3.63) is 17.5 Å². The molecule has 0 unspecified atom stereocenters. The highest BCUT2D eigenvalue weighted by molar-refractivity contribution is 5.89. The second-order valence-corrected chi connectivity index (χ2v) is 9.05. The predicted molar refractivity (Wildman–Crippen MR) is 113 cm³/mol. The van der Waals surface area contributed by atoms with Crippen molar-refractivity contribution < 1.29 is 14.3 Å². The molecule has 0 aliphatic carbocycles. The van der Waals surface area contributed by atoms with E-state index in [0.29, 0.717) is 18.9 Å². The molecule has 4 heterocycles. The van der Waals surface area contributed by atoms with Crippen molar-refractivity contribution in [1.82, 2.24) is 24.9 Å². The van der Waals surface area contributed by atoms with Crippen LogP contribution in [0.4, 0.5) is 0 Å². The second kappa shape index (κ2) is 9.06. The molecule has 3 saturated heterocycles. The Bertz CT molecular complexity index is 779. The summed E-state index contributed by atoms with van der Waals surface area (Å²) in [6.07, 6.45) is 5.48. The zero-order valence-corrected chi connectivity index (χ0v) is 18.5. The second-order valence-electron chi connectivity index (χ2n) is 9.05. The fourth-order valence-corrected chi connectivity index (χ4v) is 5.72. The molecule has 4 atom stereocenters. The third kappa shape index (κ3) is 4.25. The van der Waals surface area contributed by atoms with Crippen LogP contribution in [0.25, 0.3) is 0 Å². The van der Waals surface area contributed by atoms with E-state index in [1.165, 1.54) is 0 Å². The molecule has 3 aliphatic rings. The molecule has 1 aromatic rings. The number of fused-ring (bicyclic) bond motifs is 4. The Morgan fingerprint density at radius 3 is 2.87 bits per heavy atom. The molecular weight excluding hydrogens is 382 g/mol. The SMILES string of the molecule is CCOCCN1C[C@@H]2C[C@H](C1)[C@H](C(=O)NCc1cn(C)nc1C)N1C(=O)CCC[C@@H]21. The summed E-state index contributed by atoms with van der Waals surface area (Å²) in [6, 6.07) is -0.181. The molecule has 0 saturated carbocycles. The van der Waals surface area contributed by atoms with Gasteiger partial charge in [-0.25, -0.2) is 0 Å². The van der Waals surface area contributed by atoms with Gasteiger partial charge < -0.3 is 19.9 Å². The number of piperidine rings is 3. The lowest BCUT2D eigenvalue weighted by molar-refractivity contribution is -0.160. The zero-order valence-electron chi connectivity index (χ0n) is 18.5. The number of hydrogen-bond acceptors (Lipinski definition) is 5. The Morgan fingerprint density at radius 1 is 1.33 bits per heavy atom. The van der Waals surface area contributed by atoms with Crippen LogP contribution in [0.1, 0.15) is 43.9 Å². The average Bonchev–Trinajstić information content (AvgIpc) is 3.04. The molecule has 30 heavy (non-hydrogen) atoms. The molecule has 2 bridgehead atoms. The Morgan fingerprint density at radius 2 is 2.13 bits per heavy atom. The van der Waals surface area contributed by atoms with Gasteiger partial charge in [0.1, 0.15) is 6.04 Å². The van der Waals surface area contributed by atoms with E-state index < -0.39 is 0 Å². The summed E-state index contributed by atoms with van der Waals surface area (Å²) in [5.41, 5.74) is 1.94. The van der Waals surface area contributed by atoms with Crippen LogP contribution >= 0.6 is 0 Å². The fraction of sp³-hybridized carbons (Fsp3) is 0.773. The molecule has 4 rings (SSSR count). The van der Waals surface area contributed by atoms with Gasteiger partial charge in [-0.3, -0.25) is 14.3 Å². The van der Waals surface area contributed by atoms with Crippen LogP contribution < -0.4 is 5.32 Å². The van der Waals surface area contributed by atoms with E-state index in [2.05, 4.69) is 15.3 Å². The smallest absolute Gasteiger partial charge is 0.243 e. The van der Waals surface area contributed by atoms with Crippen LogP contribution in [0.5, 0.6) is 0 Å². The third-order valence-corrected chi connectivity index (χ3v) is 7.01. The molecule has 1 N–H and O–H groups in total. The first-order valence-corrected chi connectivity index (χ1v) is 11.4. The molecule has 3 aliphatic heterocycles. The number of amides is 2. The van der Waals surface area contributed by atoms with E-state index in [9.17, 15) is 9.59 Å². The molecule has 8 heteroatoms. The van der Waals surface area contributed by atoms with E-state index in [1.807, 2.05) is 32.0 Å². The largest absolute Gasteiger partial charge is 0.380 e. The van der Waals surface area contributed by atoms with Gasteiger partial charge in [0, 0.05) is 70.0 Å². The van der Waals surface area contributed by atoms with E-state index in [1.54, 1.807) is 4.68 Å². The molecule has 1 aromatic heterocycles. The standard InChI is InChI=1S/C22H35N5O3/c1-4-30-9-8-26-13-16-10-17(14-26)21(27-19(16)6-5-7-20(27)28)22(29)23-11-18-12-25(3)24-15(18)2/h12,16-17,19,21H,4-11,13-14H2,1-3H3,(H,23,29)/t16-,17+,19-,21+/m0/s1. The van der Waals surface area contributed by atoms with Crippen LogP contribution in [-0.4, -0.2) is 76.3 Å². The highest BCUT2D eigenvalue weighted by atomic mass is 16.5. The third-order valence-electron chi connectivity index (χ3n) is 7.01. The van der Waals surface area contributed by atoms with Gasteiger partial charge in [-0.15, -0.1) is 0 Å². The minimum absolute atomic E-state index is 0.0198. The normalized spacial score (nSPS) is 29.0. The first kappa shape index (κ1) is 21.3. The first-order valence-electron chi connectivity index (χ1n) is 11.4. The highest BCUT2D eigenvalue weighted by Crippen LogP contribution is 2.41. The lowest BCUT2D eigenvalue weighted by atomic mass is 9.71. The van der Waals surface area contributed by atoms with E-state index in [-0.39, 0.29) is 29.8 Å². The molecule has 8 nitrogen and oxygen atoms in total. The summed E-state index contributed by atoms with van der Waals surface area (Å²) in [5.74, 6) is 0.771. The maximum atomic E-state index is 13.4. The number of aromatic nitrogens is 2. The zero-order chi connectivity index (χ0) is 21.3. The summed E-state index contributed by atoms with van der Waals surface area (Å²) in [4.78, 5) is 30.7. The monoisotopic (exact) mass is 417 g/mol. The fourth-order valence-electron chi connectivity index (χ4n) is 5.72. The molecule has 3 fully saturated rings. The van der Waals surface area contributed by atoms with E-state index in [4.69, 9.17) is 4.74 Å². The maximum Gasteiger partial charge on any atom is 0.243 e. The van der Waals surface area contributed by atoms with Gasteiger partial charge in [-0.05, 0) is 39.0 Å². The number of rotatable bonds is 7. The number of carbonyl (C=O) groups excluding carboxylic acids is 2. The number of aryl methyl sites for hydroxylation is 2. The van der Waals surface area contributed by atoms with Crippen molar-refractivity contribution in [3.63, 3.8) is 0 Å². The summed E-state index contributed by atoms with van der Waals surface area (Å²) >= 11 is 0. The summed E-state index contributed by atoms with van der Waals surface area (Å²) in [6.45, 7) is 8.61. The van der Waals surface area contributed by atoms with Crippen molar-refractivity contribution in [1.29, 1.82) is 0 Å². The molecule has 166 valence electrons. The average molecular weight is 418 g/mol. The van der Waals surface area contributed by atoms with Crippen LogP contribution in [0.15, 0.2) is 6.20 Å². The van der Waals surface area contributed by atoms with Crippen LogP contribution in [0.2, 0.25) is 0 Å². The van der Waals surface area contributed by atoms with Crippen LogP contribution in [0.3, 0.4) is 0 Å². The lowest BCUT2D eigenvalue weighted by Crippen LogP contribution is -2.68. The minimum atomic E-state index is -0.370. The Kier molecular flexibility index (Phi) is 6.43. The number of nitrogens with one attached hydrogen (secondary N) is 1. The Hall–Kier alpha value is -1.93. The van der Waals surface area contributed by atoms with Gasteiger partial charge in [-0.1, -0.05) is 0 Å². The predicted octanol–water partition coefficient (Wildman–Crippen LogP) is 1.08. The number of carbonyl (C=O) groups is 2. The van der Waals surface area contributed by atoms with Gasteiger partial charge in [-0.2, -0.15) is 5.10 Å². The van der Waals surface area contributed by atoms with Crippen LogP contribution in [-0.2, 0) is 27.9 Å². The van der Waals surface area contributed by atoms with Crippen molar-refractivity contribution >= 4 is 11.8 Å². The topological polar surface area (TPSA) is 79.7 Å². The van der Waals surface area contributed by atoms with Crippen molar-refractivity contribution in [3.8, 4) is 0 Å². The van der Waals surface area contributed by atoms with E-state index >= 15 is 0 Å². The van der Waals surface area contributed by atoms with Gasteiger partial charge in [0.15, 0.2) is 0 Å². The summed E-state index contributed by atoms with van der Waals surface area (Å²) in [5, 5.41) is 7.47. The molecule has 0 aromatic carbocycles. The van der Waals surface area contributed by atoms with Crippen LogP contribution in [0, 0.1) is 18.8 Å². The maximum absolute atomic E-state index is 13.4. The Balaban J connectivity index is 1.50. The highest BCUT2D eigenvalue weighted by Gasteiger charge is 2.51. The Labute approximate surface area is 178 Å². The van der Waals surface area contributed by atoms with Crippen molar-refractivity contribution in [2.75, 3.05) is 32.8 Å². The lowest BCUT2D eigenvalue weighted by Gasteiger charge is -2.55. The van der Waals surface area contributed by atoms with Gasteiger partial charge >= 0.3 is 0 Å². The molecule has 0 radical (unpaired) electrons. The number of likely N-dealkylation sites (tertiary alicyclic amines) is 1. The first-order chi connectivity index (χ1) is 14.5. The van der Waals surface area contributed by atoms with Crippen molar-refractivity contribution in [2.45, 2.75) is 58.2 Å². The molecular formula is C22H35N5O3. The molecule has 0 spiro atoms. The molecule has 2 amide bonds. The van der Waals surface area contributed by atoms with E-state index in [0.717, 1.165) is 63.4 Å². The number of hydrogen-bond donors (Lipinski definition) is 1. The quantitative estimate of drug-likeness (QED) is 0.672. The summed E-state index contributed by atoms with van der Waals surface area (Å²) in [7, 11) is 1.88. The number of nitrogens with zero attached hydrogens (tertiary/aromatic N) is 4. The van der Waals surface area contributed by atoms with Gasteiger partial charge in [0.2, 0.25) is 11.8 Å². The van der Waals surface area contributed by atoms with Gasteiger partial charge in [0.05, 0.1) is 12.3 Å².